The highest BCUT2D eigenvalue weighted by molar-refractivity contribution is 5.96. The van der Waals surface area contributed by atoms with E-state index in [-0.39, 0.29) is 11.8 Å². The second-order valence-electron chi connectivity index (χ2n) is 6.47. The van der Waals surface area contributed by atoms with Gasteiger partial charge in [0.15, 0.2) is 5.78 Å². The third-order valence-electron chi connectivity index (χ3n) is 4.75. The lowest BCUT2D eigenvalue weighted by atomic mass is 10.00. The molecule has 0 saturated carbocycles. The molecule has 0 aromatic heterocycles. The molecule has 0 bridgehead atoms. The van der Waals surface area contributed by atoms with Gasteiger partial charge in [-0.3, -0.25) is 9.69 Å². The summed E-state index contributed by atoms with van der Waals surface area (Å²) in [5.74, 6) is 0.162. The number of ether oxygens (including phenoxy) is 1. The summed E-state index contributed by atoms with van der Waals surface area (Å²) in [6, 6.07) is 19.3. The van der Waals surface area contributed by atoms with Gasteiger partial charge in [-0.1, -0.05) is 60.7 Å². The lowest BCUT2D eigenvalue weighted by molar-refractivity contribution is -0.0258. The van der Waals surface area contributed by atoms with Crippen LogP contribution in [0, 0.1) is 0 Å². The molecule has 25 heavy (non-hydrogen) atoms. The summed E-state index contributed by atoms with van der Waals surface area (Å²) < 4.78 is 5.60. The number of aliphatic hydroxyl groups excluding tert-OH is 1. The first-order chi connectivity index (χ1) is 12.2. The molecule has 2 aromatic carbocycles. The number of hydrogen-bond acceptors (Lipinski definition) is 4. The van der Waals surface area contributed by atoms with Crippen LogP contribution < -0.4 is 0 Å². The molecule has 2 atom stereocenters. The number of nitrogens with zero attached hydrogens (tertiary/aromatic N) is 1. The quantitative estimate of drug-likeness (QED) is 0.788. The fraction of sp³-hybridized carbons (Fsp3) is 0.381. The first-order valence-corrected chi connectivity index (χ1v) is 8.87. The van der Waals surface area contributed by atoms with Crippen LogP contribution in [0.4, 0.5) is 0 Å². The number of carbonyl (C=O) groups is 1. The predicted octanol–water partition coefficient (Wildman–Crippen LogP) is 3.08. The molecular weight excluding hydrogens is 314 g/mol. The second-order valence-corrected chi connectivity index (χ2v) is 6.47. The molecule has 0 amide bonds. The highest BCUT2D eigenvalue weighted by atomic mass is 16.5. The number of carbonyl (C=O) groups excluding carboxylic acids is 1. The van der Waals surface area contributed by atoms with Crippen LogP contribution in [0.3, 0.4) is 0 Å². The highest BCUT2D eigenvalue weighted by Gasteiger charge is 2.26. The van der Waals surface area contributed by atoms with Gasteiger partial charge in [0.2, 0.25) is 0 Å². The van der Waals surface area contributed by atoms with Gasteiger partial charge in [-0.2, -0.15) is 0 Å². The van der Waals surface area contributed by atoms with E-state index in [0.29, 0.717) is 32.6 Å². The Balaban J connectivity index is 1.56. The molecule has 1 aliphatic rings. The minimum absolute atomic E-state index is 0.132. The molecule has 4 nitrogen and oxygen atoms in total. The molecule has 1 aliphatic heterocycles. The molecule has 1 saturated heterocycles. The fourth-order valence-corrected chi connectivity index (χ4v) is 3.28. The van der Waals surface area contributed by atoms with E-state index in [0.717, 1.165) is 17.7 Å². The van der Waals surface area contributed by atoms with E-state index < -0.39 is 6.10 Å². The molecule has 1 N–H and O–H groups in total. The summed E-state index contributed by atoms with van der Waals surface area (Å²) in [5, 5.41) is 10.5. The van der Waals surface area contributed by atoms with E-state index in [1.165, 1.54) is 0 Å². The SMILES string of the molecule is O=C(CCN1CCOCC1CC(O)c1ccccc1)c1ccccc1. The van der Waals surface area contributed by atoms with Crippen LogP contribution in [-0.4, -0.2) is 48.1 Å². The van der Waals surface area contributed by atoms with Gasteiger partial charge < -0.3 is 9.84 Å². The number of rotatable bonds is 7. The van der Waals surface area contributed by atoms with E-state index in [1.807, 2.05) is 60.7 Å². The Bertz CT molecular complexity index is 659. The average molecular weight is 339 g/mol. The van der Waals surface area contributed by atoms with Crippen molar-refractivity contribution in [3.05, 3.63) is 71.8 Å². The van der Waals surface area contributed by atoms with Crippen molar-refractivity contribution < 1.29 is 14.6 Å². The third kappa shape index (κ3) is 4.98. The lowest BCUT2D eigenvalue weighted by Crippen LogP contribution is -2.46. The monoisotopic (exact) mass is 339 g/mol. The van der Waals surface area contributed by atoms with Gasteiger partial charge in [0.25, 0.3) is 0 Å². The van der Waals surface area contributed by atoms with Crippen LogP contribution in [-0.2, 0) is 4.74 Å². The first-order valence-electron chi connectivity index (χ1n) is 8.87. The van der Waals surface area contributed by atoms with Crippen molar-refractivity contribution >= 4 is 5.78 Å². The van der Waals surface area contributed by atoms with Crippen LogP contribution in [0.25, 0.3) is 0 Å². The van der Waals surface area contributed by atoms with Gasteiger partial charge in [0.05, 0.1) is 19.3 Å². The summed E-state index contributed by atoms with van der Waals surface area (Å²) in [5.41, 5.74) is 1.69. The summed E-state index contributed by atoms with van der Waals surface area (Å²) in [6.45, 7) is 2.78. The zero-order chi connectivity index (χ0) is 17.5. The maximum atomic E-state index is 12.3. The van der Waals surface area contributed by atoms with Crippen molar-refractivity contribution in [2.45, 2.75) is 25.0 Å². The standard InChI is InChI=1S/C21H25NO3/c23-20(17-7-3-1-4-8-17)11-12-22-13-14-25-16-19(22)15-21(24)18-9-5-2-6-10-18/h1-10,19,21,24H,11-16H2. The Morgan fingerprint density at radius 2 is 1.80 bits per heavy atom. The van der Waals surface area contributed by atoms with Gasteiger partial charge in [0.1, 0.15) is 0 Å². The number of ketones is 1. The zero-order valence-electron chi connectivity index (χ0n) is 14.4. The Morgan fingerprint density at radius 1 is 1.12 bits per heavy atom. The van der Waals surface area contributed by atoms with Crippen molar-refractivity contribution in [2.75, 3.05) is 26.3 Å². The summed E-state index contributed by atoms with van der Waals surface area (Å²) >= 11 is 0. The largest absolute Gasteiger partial charge is 0.388 e. The Kier molecular flexibility index (Phi) is 6.34. The molecule has 3 rings (SSSR count). The molecular formula is C21H25NO3. The maximum absolute atomic E-state index is 12.3. The van der Waals surface area contributed by atoms with E-state index in [4.69, 9.17) is 4.74 Å². The van der Waals surface area contributed by atoms with Crippen LogP contribution in [0.1, 0.15) is 34.9 Å². The molecule has 4 heteroatoms. The predicted molar refractivity (Wildman–Crippen MR) is 97.6 cm³/mol. The molecule has 1 heterocycles. The van der Waals surface area contributed by atoms with Crippen LogP contribution in [0.2, 0.25) is 0 Å². The summed E-state index contributed by atoms with van der Waals surface area (Å²) in [4.78, 5) is 14.6. The van der Waals surface area contributed by atoms with E-state index >= 15 is 0 Å². The van der Waals surface area contributed by atoms with Gasteiger partial charge in [-0.25, -0.2) is 0 Å². The summed E-state index contributed by atoms with van der Waals surface area (Å²) in [6.07, 6.45) is 0.589. The minimum atomic E-state index is -0.514. The third-order valence-corrected chi connectivity index (χ3v) is 4.75. The molecule has 1 fully saturated rings. The number of morpholine rings is 1. The van der Waals surface area contributed by atoms with E-state index in [2.05, 4.69) is 4.90 Å². The van der Waals surface area contributed by atoms with Gasteiger partial charge >= 0.3 is 0 Å². The topological polar surface area (TPSA) is 49.8 Å². The van der Waals surface area contributed by atoms with Gasteiger partial charge in [0, 0.05) is 31.1 Å². The van der Waals surface area contributed by atoms with Crippen molar-refractivity contribution in [3.63, 3.8) is 0 Å². The Labute approximate surface area is 149 Å². The minimum Gasteiger partial charge on any atom is -0.388 e. The number of aliphatic hydroxyl groups is 1. The van der Waals surface area contributed by atoms with Crippen molar-refractivity contribution in [2.24, 2.45) is 0 Å². The van der Waals surface area contributed by atoms with Crippen molar-refractivity contribution in [3.8, 4) is 0 Å². The smallest absolute Gasteiger partial charge is 0.164 e. The molecule has 0 spiro atoms. The Hall–Kier alpha value is -2.01. The van der Waals surface area contributed by atoms with Crippen LogP contribution in [0.15, 0.2) is 60.7 Å². The van der Waals surface area contributed by atoms with Crippen LogP contribution in [0.5, 0.6) is 0 Å². The fourth-order valence-electron chi connectivity index (χ4n) is 3.28. The lowest BCUT2D eigenvalue weighted by Gasteiger charge is -2.36. The number of benzene rings is 2. The number of hydrogen-bond donors (Lipinski definition) is 1. The Morgan fingerprint density at radius 3 is 2.52 bits per heavy atom. The average Bonchev–Trinajstić information content (AvgIpc) is 2.68. The summed E-state index contributed by atoms with van der Waals surface area (Å²) in [7, 11) is 0. The van der Waals surface area contributed by atoms with Gasteiger partial charge in [-0.15, -0.1) is 0 Å². The molecule has 0 aliphatic carbocycles. The number of Topliss-reactive ketones (excluding diaryl/α,β-unsaturated/α-hetero) is 1. The normalized spacial score (nSPS) is 19.5. The highest BCUT2D eigenvalue weighted by Crippen LogP contribution is 2.22. The molecule has 0 radical (unpaired) electrons. The van der Waals surface area contributed by atoms with Crippen molar-refractivity contribution in [1.82, 2.24) is 4.90 Å². The van der Waals surface area contributed by atoms with E-state index in [9.17, 15) is 9.90 Å². The van der Waals surface area contributed by atoms with E-state index in [1.54, 1.807) is 0 Å². The molecule has 132 valence electrons. The second kappa shape index (κ2) is 8.90. The van der Waals surface area contributed by atoms with Gasteiger partial charge in [-0.05, 0) is 12.0 Å². The maximum Gasteiger partial charge on any atom is 0.164 e. The molecule has 2 unspecified atom stereocenters. The first kappa shape index (κ1) is 17.8. The van der Waals surface area contributed by atoms with Crippen molar-refractivity contribution in [1.29, 1.82) is 0 Å². The zero-order valence-corrected chi connectivity index (χ0v) is 14.4. The van der Waals surface area contributed by atoms with Crippen LogP contribution >= 0.6 is 0 Å². The molecule has 2 aromatic rings.